The van der Waals surface area contributed by atoms with Crippen LogP contribution in [0.4, 0.5) is 10.5 Å². The van der Waals surface area contributed by atoms with Crippen molar-refractivity contribution < 1.29 is 24.2 Å². The van der Waals surface area contributed by atoms with Crippen molar-refractivity contribution in [3.63, 3.8) is 0 Å². The molecule has 36 heavy (non-hydrogen) atoms. The fraction of sp³-hybridized carbons (Fsp3) is 0.483. The minimum Gasteiger partial charge on any atom is -0.480 e. The number of para-hydroxylation sites is 1. The van der Waals surface area contributed by atoms with E-state index in [4.69, 9.17) is 4.74 Å². The zero-order chi connectivity index (χ0) is 25.7. The molecule has 1 aliphatic carbocycles. The highest BCUT2D eigenvalue weighted by Gasteiger charge is 2.43. The molecule has 0 saturated carbocycles. The Hall–Kier alpha value is -3.35. The third kappa shape index (κ3) is 5.55. The summed E-state index contributed by atoms with van der Waals surface area (Å²) >= 11 is 0. The van der Waals surface area contributed by atoms with Gasteiger partial charge in [0.15, 0.2) is 0 Å². The summed E-state index contributed by atoms with van der Waals surface area (Å²) in [7, 11) is 0. The Labute approximate surface area is 213 Å². The van der Waals surface area contributed by atoms with Crippen LogP contribution in [0.15, 0.2) is 48.5 Å². The molecule has 0 radical (unpaired) electrons. The van der Waals surface area contributed by atoms with E-state index >= 15 is 0 Å². The third-order valence-electron chi connectivity index (χ3n) is 7.30. The van der Waals surface area contributed by atoms with E-state index in [0.717, 1.165) is 43.2 Å². The first-order valence-corrected chi connectivity index (χ1v) is 13.1. The van der Waals surface area contributed by atoms with Crippen molar-refractivity contribution in [3.05, 3.63) is 65.2 Å². The second-order valence-electron chi connectivity index (χ2n) is 9.83. The molecule has 2 aromatic carbocycles. The van der Waals surface area contributed by atoms with Crippen LogP contribution in [0.1, 0.15) is 62.6 Å². The van der Waals surface area contributed by atoms with E-state index in [1.54, 1.807) is 0 Å². The van der Waals surface area contributed by atoms with E-state index in [1.807, 2.05) is 42.5 Å². The fourth-order valence-electron chi connectivity index (χ4n) is 5.58. The van der Waals surface area contributed by atoms with Gasteiger partial charge in [0.05, 0.1) is 5.69 Å². The molecule has 4 rings (SSSR count). The Morgan fingerprint density at radius 1 is 0.972 bits per heavy atom. The molecule has 0 bridgehead atoms. The number of carboxylic acids is 1. The predicted octanol–water partition coefficient (Wildman–Crippen LogP) is 4.99. The molecule has 2 aliphatic rings. The summed E-state index contributed by atoms with van der Waals surface area (Å²) in [4.78, 5) is 42.3. The average Bonchev–Trinajstić information content (AvgIpc) is 3.26. The molecule has 1 heterocycles. The van der Waals surface area contributed by atoms with Gasteiger partial charge in [-0.3, -0.25) is 14.5 Å². The number of benzene rings is 2. The highest BCUT2D eigenvalue weighted by Crippen LogP contribution is 2.35. The van der Waals surface area contributed by atoms with Gasteiger partial charge in [0.2, 0.25) is 5.91 Å². The standard InChI is InChI=1S/C29H36N2O5/c1-3-9-24(10-4-2)36-29(35)31-25-14-8-7-13-22(25)18-26(31)28(34)30(19-27(32)33)23-16-15-20-11-5-6-12-21(20)17-23/h5-8,11-14,23-24,26H,3-4,9-10,15-19H2,1-2H3,(H,32,33)/t23?,26-/m1/s1. The first-order chi connectivity index (χ1) is 17.4. The molecule has 0 spiro atoms. The summed E-state index contributed by atoms with van der Waals surface area (Å²) in [5.41, 5.74) is 3.94. The maximum absolute atomic E-state index is 14.0. The van der Waals surface area contributed by atoms with Crippen LogP contribution < -0.4 is 4.90 Å². The summed E-state index contributed by atoms with van der Waals surface area (Å²) in [6.07, 6.45) is 5.01. The number of fused-ring (bicyclic) bond motifs is 2. The van der Waals surface area contributed by atoms with Gasteiger partial charge in [0, 0.05) is 12.5 Å². The maximum Gasteiger partial charge on any atom is 0.415 e. The molecule has 2 atom stereocenters. The Kier molecular flexibility index (Phi) is 8.28. The van der Waals surface area contributed by atoms with Crippen molar-refractivity contribution in [2.75, 3.05) is 11.4 Å². The van der Waals surface area contributed by atoms with Crippen molar-refractivity contribution in [1.82, 2.24) is 4.90 Å². The molecule has 2 aromatic rings. The third-order valence-corrected chi connectivity index (χ3v) is 7.30. The molecule has 1 aliphatic heterocycles. The summed E-state index contributed by atoms with van der Waals surface area (Å²) < 4.78 is 5.91. The predicted molar refractivity (Wildman–Crippen MR) is 138 cm³/mol. The minimum atomic E-state index is -1.06. The first-order valence-electron chi connectivity index (χ1n) is 13.1. The topological polar surface area (TPSA) is 87.2 Å². The van der Waals surface area contributed by atoms with Gasteiger partial charge in [-0.2, -0.15) is 0 Å². The SMILES string of the molecule is CCCC(CCC)OC(=O)N1c2ccccc2C[C@@H]1C(=O)N(CC(=O)O)C1CCc2ccccc2C1. The van der Waals surface area contributed by atoms with Gasteiger partial charge in [0.1, 0.15) is 18.7 Å². The van der Waals surface area contributed by atoms with E-state index in [0.29, 0.717) is 24.9 Å². The van der Waals surface area contributed by atoms with Crippen molar-refractivity contribution >= 4 is 23.7 Å². The Bertz CT molecular complexity index is 1090. The highest BCUT2D eigenvalue weighted by molar-refractivity contribution is 6.01. The molecule has 0 aromatic heterocycles. The molecule has 192 valence electrons. The van der Waals surface area contributed by atoms with Crippen LogP contribution in [-0.4, -0.2) is 52.7 Å². The lowest BCUT2D eigenvalue weighted by atomic mass is 9.87. The number of hydrogen-bond acceptors (Lipinski definition) is 4. The van der Waals surface area contributed by atoms with E-state index in [-0.39, 0.29) is 18.1 Å². The summed E-state index contributed by atoms with van der Waals surface area (Å²) in [6.45, 7) is 3.72. The molecule has 2 amide bonds. The van der Waals surface area contributed by atoms with Crippen molar-refractivity contribution in [1.29, 1.82) is 0 Å². The lowest BCUT2D eigenvalue weighted by Gasteiger charge is -2.37. The average molecular weight is 493 g/mol. The number of carboxylic acid groups (broad SMARTS) is 1. The monoisotopic (exact) mass is 492 g/mol. The molecular formula is C29H36N2O5. The molecule has 1 unspecified atom stereocenters. The fourth-order valence-corrected chi connectivity index (χ4v) is 5.58. The van der Waals surface area contributed by atoms with Crippen LogP contribution in [0.25, 0.3) is 0 Å². The zero-order valence-electron chi connectivity index (χ0n) is 21.2. The van der Waals surface area contributed by atoms with E-state index in [2.05, 4.69) is 19.9 Å². The van der Waals surface area contributed by atoms with Gasteiger partial charge in [0.25, 0.3) is 0 Å². The number of hydrogen-bond donors (Lipinski definition) is 1. The van der Waals surface area contributed by atoms with Crippen molar-refractivity contribution in [2.45, 2.75) is 83.4 Å². The lowest BCUT2D eigenvalue weighted by Crippen LogP contribution is -2.55. The van der Waals surface area contributed by atoms with Gasteiger partial charge in [-0.25, -0.2) is 4.79 Å². The number of rotatable bonds is 9. The first kappa shape index (κ1) is 25.7. The van der Waals surface area contributed by atoms with Crippen LogP contribution >= 0.6 is 0 Å². The van der Waals surface area contributed by atoms with Gasteiger partial charge < -0.3 is 14.7 Å². The van der Waals surface area contributed by atoms with Crippen LogP contribution in [0.5, 0.6) is 0 Å². The lowest BCUT2D eigenvalue weighted by molar-refractivity contribution is -0.147. The number of anilines is 1. The molecular weight excluding hydrogens is 456 g/mol. The van der Waals surface area contributed by atoms with Crippen LogP contribution in [0.2, 0.25) is 0 Å². The molecule has 7 nitrogen and oxygen atoms in total. The number of carbonyl (C=O) groups excluding carboxylic acids is 2. The summed E-state index contributed by atoms with van der Waals surface area (Å²) in [5, 5.41) is 9.69. The second-order valence-corrected chi connectivity index (χ2v) is 9.83. The number of aryl methyl sites for hydroxylation is 1. The molecule has 0 saturated heterocycles. The summed E-state index contributed by atoms with van der Waals surface area (Å²) in [6, 6.07) is 14.5. The molecule has 1 N–H and O–H groups in total. The van der Waals surface area contributed by atoms with Gasteiger partial charge in [-0.15, -0.1) is 0 Å². The number of ether oxygens (including phenoxy) is 1. The normalized spacial score (nSPS) is 18.5. The number of nitrogens with zero attached hydrogens (tertiary/aromatic N) is 2. The molecule has 7 heteroatoms. The quantitative estimate of drug-likeness (QED) is 0.533. The maximum atomic E-state index is 14.0. The largest absolute Gasteiger partial charge is 0.480 e. The number of carbonyl (C=O) groups is 3. The van der Waals surface area contributed by atoms with E-state index < -0.39 is 24.6 Å². The Balaban J connectivity index is 1.61. The van der Waals surface area contributed by atoms with Crippen LogP contribution in [0.3, 0.4) is 0 Å². The second kappa shape index (κ2) is 11.6. The van der Waals surface area contributed by atoms with Crippen LogP contribution in [-0.2, 0) is 33.6 Å². The van der Waals surface area contributed by atoms with Crippen molar-refractivity contribution in [3.8, 4) is 0 Å². The van der Waals surface area contributed by atoms with Gasteiger partial charge >= 0.3 is 12.1 Å². The van der Waals surface area contributed by atoms with Crippen LogP contribution in [0, 0.1) is 0 Å². The highest BCUT2D eigenvalue weighted by atomic mass is 16.6. The Morgan fingerprint density at radius 3 is 2.28 bits per heavy atom. The van der Waals surface area contributed by atoms with Crippen molar-refractivity contribution in [2.24, 2.45) is 0 Å². The minimum absolute atomic E-state index is 0.207. The summed E-state index contributed by atoms with van der Waals surface area (Å²) in [5.74, 6) is -1.39. The zero-order valence-corrected chi connectivity index (χ0v) is 21.2. The van der Waals surface area contributed by atoms with E-state index in [9.17, 15) is 19.5 Å². The van der Waals surface area contributed by atoms with Gasteiger partial charge in [-0.1, -0.05) is 69.2 Å². The number of aliphatic carboxylic acids is 1. The van der Waals surface area contributed by atoms with E-state index in [1.165, 1.54) is 15.4 Å². The molecule has 0 fully saturated rings. The number of amides is 2. The Morgan fingerprint density at radius 2 is 1.61 bits per heavy atom. The van der Waals surface area contributed by atoms with Gasteiger partial charge in [-0.05, 0) is 54.9 Å². The smallest absolute Gasteiger partial charge is 0.415 e.